The second kappa shape index (κ2) is 8.85. The molecule has 1 aromatic carbocycles. The average Bonchev–Trinajstić information content (AvgIpc) is 2.37. The van der Waals surface area contributed by atoms with Crippen molar-refractivity contribution in [1.29, 1.82) is 0 Å². The van der Waals surface area contributed by atoms with Gasteiger partial charge in [-0.05, 0) is 24.7 Å². The monoisotopic (exact) mass is 285 g/mol. The van der Waals surface area contributed by atoms with Crippen molar-refractivity contribution in [3.8, 4) is 0 Å². The van der Waals surface area contributed by atoms with E-state index in [1.807, 2.05) is 24.3 Å². The summed E-state index contributed by atoms with van der Waals surface area (Å²) in [7, 11) is 1.67. The van der Waals surface area contributed by atoms with Crippen LogP contribution in [0.4, 0.5) is 0 Å². The lowest BCUT2D eigenvalue weighted by atomic mass is 10.2. The topological polar surface area (TPSA) is 45.6 Å². The highest BCUT2D eigenvalue weighted by atomic mass is 35.5. The highest BCUT2D eigenvalue weighted by Gasteiger charge is 1.95. The van der Waals surface area contributed by atoms with E-state index in [-0.39, 0.29) is 0 Å². The molecule has 0 atom stereocenters. The van der Waals surface area contributed by atoms with Gasteiger partial charge in [-0.15, -0.1) is 0 Å². The Labute approximate surface area is 117 Å². The maximum absolute atomic E-state index is 5.98. The summed E-state index contributed by atoms with van der Waals surface area (Å²) in [6.45, 7) is 1.46. The molecule has 0 aliphatic carbocycles. The number of hydrogen-bond acceptors (Lipinski definition) is 3. The second-order valence-electron chi connectivity index (χ2n) is 3.49. The van der Waals surface area contributed by atoms with Crippen LogP contribution in [0.25, 0.3) is 0 Å². The van der Waals surface area contributed by atoms with E-state index in [2.05, 4.69) is 15.8 Å². The molecule has 0 fully saturated rings. The summed E-state index contributed by atoms with van der Waals surface area (Å²) in [5.41, 5.74) is 3.57. The van der Waals surface area contributed by atoms with Crippen LogP contribution in [0.15, 0.2) is 29.4 Å². The molecule has 6 heteroatoms. The van der Waals surface area contributed by atoms with E-state index in [0.29, 0.717) is 16.7 Å². The van der Waals surface area contributed by atoms with Gasteiger partial charge >= 0.3 is 0 Å². The number of hydrazone groups is 1. The van der Waals surface area contributed by atoms with Crippen molar-refractivity contribution in [3.63, 3.8) is 0 Å². The van der Waals surface area contributed by atoms with E-state index in [4.69, 9.17) is 28.6 Å². The number of hydrogen-bond donors (Lipinski definition) is 2. The van der Waals surface area contributed by atoms with E-state index in [9.17, 15) is 0 Å². The fraction of sp³-hybridized carbons (Fsp3) is 0.333. The van der Waals surface area contributed by atoms with Gasteiger partial charge in [0.2, 0.25) is 0 Å². The van der Waals surface area contributed by atoms with Gasteiger partial charge in [0.05, 0.1) is 6.21 Å². The van der Waals surface area contributed by atoms with E-state index >= 15 is 0 Å². The van der Waals surface area contributed by atoms with Crippen molar-refractivity contribution in [2.45, 2.75) is 6.42 Å². The van der Waals surface area contributed by atoms with Gasteiger partial charge < -0.3 is 10.1 Å². The first-order chi connectivity index (χ1) is 8.74. The van der Waals surface area contributed by atoms with Gasteiger partial charge in [-0.3, -0.25) is 5.43 Å². The number of rotatable bonds is 6. The van der Waals surface area contributed by atoms with E-state index in [1.165, 1.54) is 0 Å². The molecule has 0 radical (unpaired) electrons. The lowest BCUT2D eigenvalue weighted by Crippen LogP contribution is -2.33. The van der Waals surface area contributed by atoms with Crippen LogP contribution >= 0.6 is 23.8 Å². The van der Waals surface area contributed by atoms with Crippen LogP contribution in [-0.4, -0.2) is 31.6 Å². The van der Waals surface area contributed by atoms with Gasteiger partial charge in [-0.25, -0.2) is 0 Å². The predicted octanol–water partition coefficient (Wildman–Crippen LogP) is 2.17. The summed E-state index contributed by atoms with van der Waals surface area (Å²) in [6, 6.07) is 7.45. The number of nitrogens with zero attached hydrogens (tertiary/aromatic N) is 1. The minimum absolute atomic E-state index is 0.481. The number of ether oxygens (including phenoxy) is 1. The highest BCUT2D eigenvalue weighted by molar-refractivity contribution is 7.80. The van der Waals surface area contributed by atoms with Crippen LogP contribution in [0.2, 0.25) is 5.02 Å². The van der Waals surface area contributed by atoms with Crippen molar-refractivity contribution in [2.75, 3.05) is 20.3 Å². The highest BCUT2D eigenvalue weighted by Crippen LogP contribution is 2.11. The SMILES string of the molecule is COCCCNC(=S)NN=Cc1ccccc1Cl. The zero-order valence-electron chi connectivity index (χ0n) is 10.1. The summed E-state index contributed by atoms with van der Waals surface area (Å²) >= 11 is 11.0. The summed E-state index contributed by atoms with van der Waals surface area (Å²) in [5, 5.41) is 8.15. The maximum atomic E-state index is 5.98. The van der Waals surface area contributed by atoms with E-state index < -0.39 is 0 Å². The predicted molar refractivity (Wildman–Crippen MR) is 79.3 cm³/mol. The zero-order valence-corrected chi connectivity index (χ0v) is 11.7. The quantitative estimate of drug-likeness (QED) is 0.364. The molecule has 1 rings (SSSR count). The number of thiocarbonyl (C=S) groups is 1. The largest absolute Gasteiger partial charge is 0.385 e. The Morgan fingerprint density at radius 1 is 1.50 bits per heavy atom. The van der Waals surface area contributed by atoms with Gasteiger partial charge in [0, 0.05) is 30.8 Å². The van der Waals surface area contributed by atoms with Crippen LogP contribution in [0.1, 0.15) is 12.0 Å². The molecular formula is C12H16ClN3OS. The zero-order chi connectivity index (χ0) is 13.2. The van der Waals surface area contributed by atoms with Gasteiger partial charge in [0.1, 0.15) is 0 Å². The molecule has 0 aliphatic heterocycles. The van der Waals surface area contributed by atoms with Gasteiger partial charge in [0.15, 0.2) is 5.11 Å². The molecule has 2 N–H and O–H groups in total. The van der Waals surface area contributed by atoms with Crippen LogP contribution in [-0.2, 0) is 4.74 Å². The van der Waals surface area contributed by atoms with Crippen LogP contribution in [0, 0.1) is 0 Å². The average molecular weight is 286 g/mol. The first-order valence-electron chi connectivity index (χ1n) is 5.54. The van der Waals surface area contributed by atoms with Gasteiger partial charge in [0.25, 0.3) is 0 Å². The van der Waals surface area contributed by atoms with Gasteiger partial charge in [-0.2, -0.15) is 5.10 Å². The normalized spacial score (nSPS) is 10.6. The van der Waals surface area contributed by atoms with Crippen molar-refractivity contribution in [1.82, 2.24) is 10.7 Å². The lowest BCUT2D eigenvalue weighted by molar-refractivity contribution is 0.195. The van der Waals surface area contributed by atoms with Crippen LogP contribution in [0.3, 0.4) is 0 Å². The summed E-state index contributed by atoms with van der Waals surface area (Å²) in [6.07, 6.45) is 2.53. The van der Waals surface area contributed by atoms with E-state index in [0.717, 1.165) is 18.5 Å². The molecule has 0 amide bonds. The van der Waals surface area contributed by atoms with Crippen LogP contribution < -0.4 is 10.7 Å². The standard InChI is InChI=1S/C12H16ClN3OS/c1-17-8-4-7-14-12(18)16-15-9-10-5-2-3-6-11(10)13/h2-3,5-6,9H,4,7-8H2,1H3,(H2,14,16,18). The number of methoxy groups -OCH3 is 1. The van der Waals surface area contributed by atoms with Crippen molar-refractivity contribution in [2.24, 2.45) is 5.10 Å². The van der Waals surface area contributed by atoms with E-state index in [1.54, 1.807) is 13.3 Å². The molecule has 0 saturated heterocycles. The smallest absolute Gasteiger partial charge is 0.186 e. The van der Waals surface area contributed by atoms with Gasteiger partial charge in [-0.1, -0.05) is 29.8 Å². The second-order valence-corrected chi connectivity index (χ2v) is 4.31. The summed E-state index contributed by atoms with van der Waals surface area (Å²) in [4.78, 5) is 0. The Bertz CT molecular complexity index is 412. The lowest BCUT2D eigenvalue weighted by Gasteiger charge is -2.06. The molecule has 98 valence electrons. The Morgan fingerprint density at radius 2 is 2.28 bits per heavy atom. The fourth-order valence-electron chi connectivity index (χ4n) is 1.20. The first-order valence-corrected chi connectivity index (χ1v) is 6.33. The maximum Gasteiger partial charge on any atom is 0.186 e. The molecule has 0 aliphatic rings. The Morgan fingerprint density at radius 3 is 3.00 bits per heavy atom. The number of halogens is 1. The minimum atomic E-state index is 0.481. The number of nitrogens with one attached hydrogen (secondary N) is 2. The van der Waals surface area contributed by atoms with Crippen molar-refractivity contribution < 1.29 is 4.74 Å². The number of benzene rings is 1. The molecule has 1 aromatic rings. The summed E-state index contributed by atoms with van der Waals surface area (Å²) in [5.74, 6) is 0. The molecule has 0 bridgehead atoms. The molecular weight excluding hydrogens is 270 g/mol. The van der Waals surface area contributed by atoms with Crippen molar-refractivity contribution >= 4 is 35.1 Å². The first kappa shape index (κ1) is 14.9. The third-order valence-corrected chi connectivity index (χ3v) is 2.67. The summed E-state index contributed by atoms with van der Waals surface area (Å²) < 4.78 is 4.93. The molecule has 0 aromatic heterocycles. The Balaban J connectivity index is 2.28. The molecule has 4 nitrogen and oxygen atoms in total. The molecule has 0 unspecified atom stereocenters. The molecule has 18 heavy (non-hydrogen) atoms. The Hall–Kier alpha value is -1.17. The molecule has 0 saturated carbocycles. The van der Waals surface area contributed by atoms with Crippen LogP contribution in [0.5, 0.6) is 0 Å². The third-order valence-electron chi connectivity index (χ3n) is 2.09. The minimum Gasteiger partial charge on any atom is -0.385 e. The fourth-order valence-corrected chi connectivity index (χ4v) is 1.54. The van der Waals surface area contributed by atoms with Crippen molar-refractivity contribution in [3.05, 3.63) is 34.9 Å². The molecule has 0 heterocycles. The molecule has 0 spiro atoms. The third kappa shape index (κ3) is 5.95. The Kier molecular flexibility index (Phi) is 7.32.